The lowest BCUT2D eigenvalue weighted by molar-refractivity contribution is -0.127. The second-order valence-corrected chi connectivity index (χ2v) is 7.77. The van der Waals surface area contributed by atoms with Crippen LogP contribution in [0.2, 0.25) is 0 Å². The summed E-state index contributed by atoms with van der Waals surface area (Å²) in [5, 5.41) is 3.91. The zero-order chi connectivity index (χ0) is 20.4. The summed E-state index contributed by atoms with van der Waals surface area (Å²) in [4.78, 5) is 27.0. The highest BCUT2D eigenvalue weighted by Crippen LogP contribution is 2.33. The maximum Gasteiger partial charge on any atom is 0.339 e. The van der Waals surface area contributed by atoms with E-state index in [1.165, 1.54) is 0 Å². The molecule has 2 heterocycles. The molecule has 7 nitrogen and oxygen atoms in total. The van der Waals surface area contributed by atoms with Crippen LogP contribution in [0.15, 0.2) is 21.3 Å². The van der Waals surface area contributed by atoms with E-state index >= 15 is 0 Å². The summed E-state index contributed by atoms with van der Waals surface area (Å²) in [5.41, 5.74) is 2.97. The highest BCUT2D eigenvalue weighted by Gasteiger charge is 2.22. The van der Waals surface area contributed by atoms with E-state index in [0.29, 0.717) is 17.9 Å². The van der Waals surface area contributed by atoms with Gasteiger partial charge in [-0.25, -0.2) is 4.79 Å². The first kappa shape index (κ1) is 19.9. The number of carbonyl (C=O) groups is 1. The van der Waals surface area contributed by atoms with Gasteiger partial charge in [-0.3, -0.25) is 9.69 Å². The van der Waals surface area contributed by atoms with E-state index in [1.54, 1.807) is 6.92 Å². The lowest BCUT2D eigenvalue weighted by Crippen LogP contribution is -2.43. The molecule has 156 valence electrons. The summed E-state index contributed by atoms with van der Waals surface area (Å²) in [6.45, 7) is 8.25. The monoisotopic (exact) mass is 400 g/mol. The molecule has 0 bridgehead atoms. The summed E-state index contributed by atoms with van der Waals surface area (Å²) >= 11 is 0. The Kier molecular flexibility index (Phi) is 5.87. The van der Waals surface area contributed by atoms with Crippen LogP contribution in [-0.2, 0) is 22.4 Å². The van der Waals surface area contributed by atoms with Gasteiger partial charge in [0.05, 0.1) is 13.2 Å². The second kappa shape index (κ2) is 8.55. The molecule has 1 amide bonds. The van der Waals surface area contributed by atoms with Crippen molar-refractivity contribution < 1.29 is 18.7 Å². The average Bonchev–Trinajstić information content (AvgIpc) is 3.22. The fraction of sp³-hybridized carbons (Fsp3) is 0.545. The van der Waals surface area contributed by atoms with Crippen LogP contribution in [0.4, 0.5) is 0 Å². The molecule has 1 fully saturated rings. The minimum Gasteiger partial charge on any atom is -0.480 e. The molecule has 1 N–H and O–H groups in total. The first-order valence-corrected chi connectivity index (χ1v) is 10.4. The molecule has 1 aliphatic carbocycles. The van der Waals surface area contributed by atoms with Crippen molar-refractivity contribution in [3.8, 4) is 5.75 Å². The molecule has 2 aliphatic rings. The Balaban J connectivity index is 1.42. The van der Waals surface area contributed by atoms with Crippen molar-refractivity contribution in [3.05, 3.63) is 39.2 Å². The Labute approximate surface area is 170 Å². The summed E-state index contributed by atoms with van der Waals surface area (Å²) in [7, 11) is 0. The van der Waals surface area contributed by atoms with Crippen molar-refractivity contribution in [2.45, 2.75) is 39.2 Å². The molecule has 1 atom stereocenters. The SMILES string of the molecule is Cc1c(O[C@@H](C)C(=O)NCCN2CCOCC2)ccc2c3c(c(=O)oc12)CCC3. The van der Waals surface area contributed by atoms with E-state index < -0.39 is 6.10 Å². The molecule has 1 aliphatic heterocycles. The second-order valence-electron chi connectivity index (χ2n) is 7.77. The number of ether oxygens (including phenoxy) is 2. The molecule has 0 spiro atoms. The molecule has 0 saturated carbocycles. The van der Waals surface area contributed by atoms with Gasteiger partial charge in [0.15, 0.2) is 6.10 Å². The van der Waals surface area contributed by atoms with Crippen LogP contribution in [0, 0.1) is 6.92 Å². The van der Waals surface area contributed by atoms with Crippen molar-refractivity contribution in [2.24, 2.45) is 0 Å². The molecule has 7 heteroatoms. The van der Waals surface area contributed by atoms with Gasteiger partial charge in [0.2, 0.25) is 0 Å². The summed E-state index contributed by atoms with van der Waals surface area (Å²) < 4.78 is 16.8. The van der Waals surface area contributed by atoms with Crippen LogP contribution in [-0.4, -0.2) is 56.3 Å². The molecule has 0 radical (unpaired) electrons. The Hall–Kier alpha value is -2.38. The Morgan fingerprint density at radius 3 is 2.79 bits per heavy atom. The maximum atomic E-state index is 12.4. The number of hydrogen-bond donors (Lipinski definition) is 1. The topological polar surface area (TPSA) is 81.0 Å². The predicted octanol–water partition coefficient (Wildman–Crippen LogP) is 1.81. The van der Waals surface area contributed by atoms with Gasteiger partial charge in [-0.1, -0.05) is 0 Å². The first-order chi connectivity index (χ1) is 14.0. The molecule has 1 aromatic carbocycles. The normalized spacial score (nSPS) is 17.9. The largest absolute Gasteiger partial charge is 0.480 e. The number of aryl methyl sites for hydroxylation is 2. The Morgan fingerprint density at radius 1 is 1.24 bits per heavy atom. The molecule has 1 aromatic heterocycles. The van der Waals surface area contributed by atoms with E-state index in [0.717, 1.165) is 74.2 Å². The van der Waals surface area contributed by atoms with E-state index in [2.05, 4.69) is 10.2 Å². The van der Waals surface area contributed by atoms with Crippen LogP contribution in [0.1, 0.15) is 30.0 Å². The zero-order valence-electron chi connectivity index (χ0n) is 17.1. The third kappa shape index (κ3) is 4.16. The molecular formula is C22H28N2O5. The van der Waals surface area contributed by atoms with E-state index in [1.807, 2.05) is 19.1 Å². The van der Waals surface area contributed by atoms with Gasteiger partial charge in [-0.2, -0.15) is 0 Å². The Morgan fingerprint density at radius 2 is 2.00 bits per heavy atom. The lowest BCUT2D eigenvalue weighted by Gasteiger charge is -2.26. The number of morpholine rings is 1. The molecule has 29 heavy (non-hydrogen) atoms. The van der Waals surface area contributed by atoms with Crippen LogP contribution in [0.3, 0.4) is 0 Å². The summed E-state index contributed by atoms with van der Waals surface area (Å²) in [5.74, 6) is 0.405. The first-order valence-electron chi connectivity index (χ1n) is 10.4. The van der Waals surface area contributed by atoms with Gasteiger partial charge < -0.3 is 19.2 Å². The minimum absolute atomic E-state index is 0.159. The predicted molar refractivity (Wildman–Crippen MR) is 110 cm³/mol. The smallest absolute Gasteiger partial charge is 0.339 e. The number of amides is 1. The number of carbonyl (C=O) groups excluding carboxylic acids is 1. The molecular weight excluding hydrogens is 372 g/mol. The zero-order valence-corrected chi connectivity index (χ0v) is 17.1. The van der Waals surface area contributed by atoms with Gasteiger partial charge in [-0.15, -0.1) is 0 Å². The number of benzene rings is 1. The van der Waals surface area contributed by atoms with Gasteiger partial charge >= 0.3 is 5.63 Å². The quantitative estimate of drug-likeness (QED) is 0.745. The van der Waals surface area contributed by atoms with Crippen molar-refractivity contribution in [1.29, 1.82) is 0 Å². The number of rotatable bonds is 6. The van der Waals surface area contributed by atoms with Crippen LogP contribution >= 0.6 is 0 Å². The van der Waals surface area contributed by atoms with E-state index in [9.17, 15) is 9.59 Å². The molecule has 4 rings (SSSR count). The number of fused-ring (bicyclic) bond motifs is 3. The van der Waals surface area contributed by atoms with Gasteiger partial charge in [-0.05, 0) is 50.8 Å². The Bertz CT molecular complexity index is 962. The summed E-state index contributed by atoms with van der Waals surface area (Å²) in [6.07, 6.45) is 2.03. The fourth-order valence-electron chi connectivity index (χ4n) is 4.14. The van der Waals surface area contributed by atoms with Gasteiger partial charge in [0.1, 0.15) is 11.3 Å². The van der Waals surface area contributed by atoms with Crippen LogP contribution < -0.4 is 15.7 Å². The highest BCUT2D eigenvalue weighted by atomic mass is 16.5. The third-order valence-electron chi connectivity index (χ3n) is 5.84. The van der Waals surface area contributed by atoms with Crippen LogP contribution in [0.25, 0.3) is 11.0 Å². The minimum atomic E-state index is -0.642. The molecule has 1 saturated heterocycles. The summed E-state index contributed by atoms with van der Waals surface area (Å²) in [6, 6.07) is 3.81. The van der Waals surface area contributed by atoms with E-state index in [-0.39, 0.29) is 11.5 Å². The van der Waals surface area contributed by atoms with Gasteiger partial charge in [0.25, 0.3) is 5.91 Å². The third-order valence-corrected chi connectivity index (χ3v) is 5.84. The van der Waals surface area contributed by atoms with Crippen molar-refractivity contribution in [1.82, 2.24) is 10.2 Å². The van der Waals surface area contributed by atoms with Crippen molar-refractivity contribution >= 4 is 16.9 Å². The fourth-order valence-corrected chi connectivity index (χ4v) is 4.14. The molecule has 0 unspecified atom stereocenters. The van der Waals surface area contributed by atoms with Crippen molar-refractivity contribution in [3.63, 3.8) is 0 Å². The number of nitrogens with one attached hydrogen (secondary N) is 1. The average molecular weight is 400 g/mol. The van der Waals surface area contributed by atoms with Gasteiger partial charge in [0, 0.05) is 42.7 Å². The highest BCUT2D eigenvalue weighted by molar-refractivity contribution is 5.86. The lowest BCUT2D eigenvalue weighted by atomic mass is 10.0. The number of nitrogens with zero attached hydrogens (tertiary/aromatic N) is 1. The molecule has 2 aromatic rings. The van der Waals surface area contributed by atoms with E-state index in [4.69, 9.17) is 13.9 Å². The number of hydrogen-bond acceptors (Lipinski definition) is 6. The van der Waals surface area contributed by atoms with Crippen LogP contribution in [0.5, 0.6) is 5.75 Å². The maximum absolute atomic E-state index is 12.4. The van der Waals surface area contributed by atoms with Crippen molar-refractivity contribution in [2.75, 3.05) is 39.4 Å². The standard InChI is InChI=1S/C22H28N2O5/c1-14-19(7-6-17-16-4-3-5-18(16)22(26)29-20(14)17)28-15(2)21(25)23-8-9-24-10-12-27-13-11-24/h6-7,15H,3-5,8-13H2,1-2H3,(H,23,25)/t15-/m0/s1.